The van der Waals surface area contributed by atoms with Gasteiger partial charge in [0.25, 0.3) is 5.69 Å². The fourth-order valence-corrected chi connectivity index (χ4v) is 2.19. The highest BCUT2D eigenvalue weighted by Crippen LogP contribution is 2.24. The molecule has 3 rings (SSSR count). The van der Waals surface area contributed by atoms with Crippen molar-refractivity contribution in [3.8, 4) is 11.4 Å². The summed E-state index contributed by atoms with van der Waals surface area (Å²) >= 11 is 0. The molecule has 1 saturated heterocycles. The van der Waals surface area contributed by atoms with Crippen molar-refractivity contribution in [2.75, 3.05) is 31.1 Å². The number of nitrogens with zero attached hydrogens (tertiary/aromatic N) is 4. The number of nitro benzene ring substituents is 1. The molecule has 1 aliphatic heterocycles. The standard InChI is InChI=1S/C12H13FN6O2/c13-10-7-8(19(20)21)1-2-9(10)11-15-12(17-16-11)18-5-3-14-4-6-18/h1-2,7,14H,3-6H2,(H,15,16,17). The number of non-ortho nitro benzene ring substituents is 1. The van der Waals surface area contributed by atoms with Crippen LogP contribution < -0.4 is 10.2 Å². The Morgan fingerprint density at radius 1 is 1.33 bits per heavy atom. The van der Waals surface area contributed by atoms with E-state index in [4.69, 9.17) is 0 Å². The Morgan fingerprint density at radius 2 is 2.10 bits per heavy atom. The number of nitrogens with one attached hydrogen (secondary N) is 2. The maximum Gasteiger partial charge on any atom is 0.272 e. The fraction of sp³-hybridized carbons (Fsp3) is 0.333. The van der Waals surface area contributed by atoms with Crippen molar-refractivity contribution < 1.29 is 9.31 Å². The summed E-state index contributed by atoms with van der Waals surface area (Å²) in [5.74, 6) is 0.0624. The first-order valence-electron chi connectivity index (χ1n) is 6.47. The SMILES string of the molecule is O=[N+]([O-])c1ccc(-c2nc(N3CCNCC3)n[nH]2)c(F)c1. The number of rotatable bonds is 3. The molecule has 1 aromatic heterocycles. The quantitative estimate of drug-likeness (QED) is 0.645. The topological polar surface area (TPSA) is 100.0 Å². The molecule has 1 aliphatic rings. The first-order chi connectivity index (χ1) is 10.1. The zero-order valence-corrected chi connectivity index (χ0v) is 11.0. The van der Waals surface area contributed by atoms with Crippen LogP contribution in [0.1, 0.15) is 0 Å². The molecular formula is C12H13FN6O2. The zero-order chi connectivity index (χ0) is 14.8. The second-order valence-electron chi connectivity index (χ2n) is 4.64. The summed E-state index contributed by atoms with van der Waals surface area (Å²) < 4.78 is 13.9. The van der Waals surface area contributed by atoms with E-state index in [1.165, 1.54) is 12.1 Å². The highest BCUT2D eigenvalue weighted by atomic mass is 19.1. The molecular weight excluding hydrogens is 279 g/mol. The molecule has 110 valence electrons. The van der Waals surface area contributed by atoms with Gasteiger partial charge in [0, 0.05) is 32.2 Å². The molecule has 0 unspecified atom stereocenters. The van der Waals surface area contributed by atoms with Crippen molar-refractivity contribution in [1.29, 1.82) is 0 Å². The number of anilines is 1. The van der Waals surface area contributed by atoms with E-state index in [1.54, 1.807) is 0 Å². The Balaban J connectivity index is 1.87. The second kappa shape index (κ2) is 5.44. The van der Waals surface area contributed by atoms with Crippen LogP contribution in [0.5, 0.6) is 0 Å². The van der Waals surface area contributed by atoms with Gasteiger partial charge < -0.3 is 10.2 Å². The first-order valence-corrected chi connectivity index (χ1v) is 6.47. The van der Waals surface area contributed by atoms with Crippen LogP contribution in [-0.4, -0.2) is 46.3 Å². The number of hydrogen-bond donors (Lipinski definition) is 2. The maximum atomic E-state index is 13.9. The molecule has 0 radical (unpaired) electrons. The lowest BCUT2D eigenvalue weighted by Gasteiger charge is -2.25. The number of aromatic nitrogens is 3. The average molecular weight is 292 g/mol. The smallest absolute Gasteiger partial charge is 0.272 e. The van der Waals surface area contributed by atoms with Gasteiger partial charge in [0.05, 0.1) is 16.6 Å². The van der Waals surface area contributed by atoms with Gasteiger partial charge in [-0.25, -0.2) is 4.39 Å². The summed E-state index contributed by atoms with van der Waals surface area (Å²) in [6.45, 7) is 3.24. The lowest BCUT2D eigenvalue weighted by molar-refractivity contribution is -0.385. The number of H-pyrrole nitrogens is 1. The molecule has 0 saturated carbocycles. The van der Waals surface area contributed by atoms with Gasteiger partial charge in [0.2, 0.25) is 5.95 Å². The number of aromatic amines is 1. The molecule has 0 atom stereocenters. The van der Waals surface area contributed by atoms with Crippen LogP contribution in [0.25, 0.3) is 11.4 Å². The number of halogens is 1. The van der Waals surface area contributed by atoms with E-state index in [0.29, 0.717) is 5.95 Å². The van der Waals surface area contributed by atoms with Gasteiger partial charge in [-0.05, 0) is 6.07 Å². The van der Waals surface area contributed by atoms with Crippen LogP contribution in [0, 0.1) is 15.9 Å². The molecule has 0 spiro atoms. The molecule has 0 bridgehead atoms. The summed E-state index contributed by atoms with van der Waals surface area (Å²) in [5, 5.41) is 20.6. The zero-order valence-electron chi connectivity index (χ0n) is 11.0. The molecule has 1 aromatic carbocycles. The molecule has 0 amide bonds. The van der Waals surface area contributed by atoms with E-state index in [9.17, 15) is 14.5 Å². The largest absolute Gasteiger partial charge is 0.337 e. The third kappa shape index (κ3) is 2.68. The van der Waals surface area contributed by atoms with Gasteiger partial charge in [-0.3, -0.25) is 15.2 Å². The van der Waals surface area contributed by atoms with Crippen molar-refractivity contribution in [3.63, 3.8) is 0 Å². The Kier molecular flexibility index (Phi) is 3.48. The number of benzene rings is 1. The van der Waals surface area contributed by atoms with Crippen LogP contribution >= 0.6 is 0 Å². The van der Waals surface area contributed by atoms with Crippen LogP contribution in [0.4, 0.5) is 16.0 Å². The average Bonchev–Trinajstić information content (AvgIpc) is 2.97. The minimum Gasteiger partial charge on any atom is -0.337 e. The van der Waals surface area contributed by atoms with Crippen molar-refractivity contribution in [1.82, 2.24) is 20.5 Å². The predicted octanol–water partition coefficient (Wildman–Crippen LogP) is 0.929. The molecule has 2 aromatic rings. The lowest BCUT2D eigenvalue weighted by Crippen LogP contribution is -2.44. The van der Waals surface area contributed by atoms with E-state index < -0.39 is 10.7 Å². The van der Waals surface area contributed by atoms with Gasteiger partial charge in [-0.2, -0.15) is 4.98 Å². The summed E-state index contributed by atoms with van der Waals surface area (Å²) in [6.07, 6.45) is 0. The van der Waals surface area contributed by atoms with E-state index >= 15 is 0 Å². The highest BCUT2D eigenvalue weighted by molar-refractivity contribution is 5.59. The minimum absolute atomic E-state index is 0.162. The second-order valence-corrected chi connectivity index (χ2v) is 4.64. The summed E-state index contributed by atoms with van der Waals surface area (Å²) in [5.41, 5.74) is -0.132. The van der Waals surface area contributed by atoms with Crippen LogP contribution in [0.15, 0.2) is 18.2 Å². The van der Waals surface area contributed by atoms with Crippen LogP contribution in [0.2, 0.25) is 0 Å². The van der Waals surface area contributed by atoms with Gasteiger partial charge >= 0.3 is 0 Å². The van der Waals surface area contributed by atoms with E-state index in [2.05, 4.69) is 20.5 Å². The number of nitro groups is 1. The molecule has 0 aliphatic carbocycles. The van der Waals surface area contributed by atoms with Crippen molar-refractivity contribution in [2.45, 2.75) is 0 Å². The Hall–Kier alpha value is -2.55. The molecule has 8 nitrogen and oxygen atoms in total. The van der Waals surface area contributed by atoms with E-state index in [0.717, 1.165) is 32.2 Å². The van der Waals surface area contributed by atoms with Crippen molar-refractivity contribution >= 4 is 11.6 Å². The van der Waals surface area contributed by atoms with Gasteiger partial charge in [0.15, 0.2) is 5.82 Å². The first kappa shape index (κ1) is 13.4. The van der Waals surface area contributed by atoms with Crippen LogP contribution in [0.3, 0.4) is 0 Å². The lowest BCUT2D eigenvalue weighted by atomic mass is 10.2. The third-order valence-corrected chi connectivity index (χ3v) is 3.29. The van der Waals surface area contributed by atoms with Gasteiger partial charge in [-0.1, -0.05) is 0 Å². The van der Waals surface area contributed by atoms with E-state index in [1.807, 2.05) is 4.90 Å². The summed E-state index contributed by atoms with van der Waals surface area (Å²) in [6, 6.07) is 3.45. The van der Waals surface area contributed by atoms with Crippen LogP contribution in [-0.2, 0) is 0 Å². The molecule has 1 fully saturated rings. The predicted molar refractivity (Wildman–Crippen MR) is 73.5 cm³/mol. The molecule has 2 heterocycles. The molecule has 9 heteroatoms. The molecule has 2 N–H and O–H groups in total. The normalized spacial score (nSPS) is 15.2. The van der Waals surface area contributed by atoms with Gasteiger partial charge in [-0.15, -0.1) is 5.10 Å². The third-order valence-electron chi connectivity index (χ3n) is 3.29. The number of piperazine rings is 1. The van der Waals surface area contributed by atoms with Gasteiger partial charge in [0.1, 0.15) is 5.82 Å². The Labute approximate surface area is 119 Å². The monoisotopic (exact) mass is 292 g/mol. The Morgan fingerprint density at radius 3 is 2.76 bits per heavy atom. The maximum absolute atomic E-state index is 13.9. The molecule has 21 heavy (non-hydrogen) atoms. The minimum atomic E-state index is -0.702. The van der Waals surface area contributed by atoms with Crippen molar-refractivity contribution in [2.24, 2.45) is 0 Å². The fourth-order valence-electron chi connectivity index (χ4n) is 2.19. The van der Waals surface area contributed by atoms with E-state index in [-0.39, 0.29) is 17.1 Å². The van der Waals surface area contributed by atoms with Crippen molar-refractivity contribution in [3.05, 3.63) is 34.1 Å². The summed E-state index contributed by atoms with van der Waals surface area (Å²) in [4.78, 5) is 16.2. The summed E-state index contributed by atoms with van der Waals surface area (Å²) in [7, 11) is 0. The Bertz CT molecular complexity index is 668. The highest BCUT2D eigenvalue weighted by Gasteiger charge is 2.18. The number of hydrogen-bond acceptors (Lipinski definition) is 6.